The average molecular weight is 293 g/mol. The van der Waals surface area contributed by atoms with Crippen molar-refractivity contribution >= 4 is 0 Å². The highest BCUT2D eigenvalue weighted by atomic mass is 15.4. The molecule has 4 unspecified atom stereocenters. The molecule has 4 atom stereocenters. The summed E-state index contributed by atoms with van der Waals surface area (Å²) in [6, 6.07) is 0. The Balaban J connectivity index is 1.48. The SMILES string of the molecule is C[N+]1(CC2C3CCC(C3)C2C[N+]2(C)CCCC2)CCCC1. The van der Waals surface area contributed by atoms with Crippen LogP contribution in [0.1, 0.15) is 44.9 Å². The van der Waals surface area contributed by atoms with Crippen LogP contribution in [-0.4, -0.2) is 62.3 Å². The maximum Gasteiger partial charge on any atom is 0.0820 e. The molecule has 4 fully saturated rings. The summed E-state index contributed by atoms with van der Waals surface area (Å²) in [5.74, 6) is 4.35. The lowest BCUT2D eigenvalue weighted by molar-refractivity contribution is -0.910. The van der Waals surface area contributed by atoms with Gasteiger partial charge in [0.15, 0.2) is 0 Å². The first-order chi connectivity index (χ1) is 10.1. The zero-order chi connectivity index (χ0) is 14.5. The van der Waals surface area contributed by atoms with E-state index < -0.39 is 0 Å². The smallest absolute Gasteiger partial charge is 0.0820 e. The highest BCUT2D eigenvalue weighted by molar-refractivity contribution is 4.96. The maximum absolute atomic E-state index is 2.56. The Morgan fingerprint density at radius 1 is 0.667 bits per heavy atom. The Bertz CT molecular complexity index is 343. The van der Waals surface area contributed by atoms with Crippen LogP contribution in [0.3, 0.4) is 0 Å². The van der Waals surface area contributed by atoms with Gasteiger partial charge in [0, 0.05) is 37.5 Å². The maximum atomic E-state index is 2.56. The molecule has 0 aromatic rings. The summed E-state index contributed by atoms with van der Waals surface area (Å²) < 4.78 is 2.82. The fraction of sp³-hybridized carbons (Fsp3) is 1.00. The minimum absolute atomic E-state index is 1.07. The molecule has 0 spiro atoms. The number of fused-ring (bicyclic) bond motifs is 2. The first kappa shape index (κ1) is 14.5. The van der Waals surface area contributed by atoms with E-state index in [0.717, 1.165) is 23.7 Å². The third kappa shape index (κ3) is 2.67. The summed E-state index contributed by atoms with van der Waals surface area (Å²) >= 11 is 0. The van der Waals surface area contributed by atoms with Crippen LogP contribution in [0.25, 0.3) is 0 Å². The van der Waals surface area contributed by atoms with Gasteiger partial charge in [0.25, 0.3) is 0 Å². The van der Waals surface area contributed by atoms with Crippen LogP contribution < -0.4 is 0 Å². The van der Waals surface area contributed by atoms with Crippen molar-refractivity contribution in [2.75, 3.05) is 53.4 Å². The summed E-state index contributed by atoms with van der Waals surface area (Å²) in [7, 11) is 5.12. The van der Waals surface area contributed by atoms with E-state index in [1.165, 1.54) is 73.9 Å². The molecule has 0 N–H and O–H groups in total. The molecule has 2 nitrogen and oxygen atoms in total. The van der Waals surface area contributed by atoms with E-state index in [9.17, 15) is 0 Å². The Kier molecular flexibility index (Phi) is 3.61. The van der Waals surface area contributed by atoms with E-state index in [1.54, 1.807) is 19.3 Å². The first-order valence-electron chi connectivity index (χ1n) is 9.74. The molecule has 2 aliphatic heterocycles. The van der Waals surface area contributed by atoms with Crippen LogP contribution in [0.2, 0.25) is 0 Å². The molecule has 4 rings (SSSR count). The van der Waals surface area contributed by atoms with Gasteiger partial charge in [0.05, 0.1) is 53.4 Å². The van der Waals surface area contributed by atoms with Gasteiger partial charge in [-0.25, -0.2) is 0 Å². The summed E-state index contributed by atoms with van der Waals surface area (Å²) in [6.07, 6.45) is 10.7. The molecule has 120 valence electrons. The highest BCUT2D eigenvalue weighted by Crippen LogP contribution is 2.53. The monoisotopic (exact) mass is 292 g/mol. The molecule has 0 aromatic carbocycles. The molecule has 0 amide bonds. The second-order valence-corrected chi connectivity index (χ2v) is 9.57. The number of nitrogens with zero attached hydrogens (tertiary/aromatic N) is 2. The number of hydrogen-bond acceptors (Lipinski definition) is 0. The molecule has 0 aromatic heterocycles. The topological polar surface area (TPSA) is 0 Å². The van der Waals surface area contributed by atoms with Gasteiger partial charge in [-0.15, -0.1) is 0 Å². The van der Waals surface area contributed by atoms with E-state index in [2.05, 4.69) is 14.1 Å². The second-order valence-electron chi connectivity index (χ2n) is 9.57. The zero-order valence-electron chi connectivity index (χ0n) is 14.4. The van der Waals surface area contributed by atoms with Gasteiger partial charge in [-0.05, 0) is 31.1 Å². The van der Waals surface area contributed by atoms with Crippen LogP contribution in [0.15, 0.2) is 0 Å². The predicted octanol–water partition coefficient (Wildman–Crippen LogP) is 3.13. The van der Waals surface area contributed by atoms with Crippen molar-refractivity contribution in [1.29, 1.82) is 0 Å². The van der Waals surface area contributed by atoms with E-state index >= 15 is 0 Å². The fourth-order valence-corrected chi connectivity index (χ4v) is 6.68. The molecular formula is C19H36N2+2. The average Bonchev–Trinajstić information content (AvgIpc) is 3.18. The summed E-state index contributed by atoms with van der Waals surface area (Å²) in [5.41, 5.74) is 0. The van der Waals surface area contributed by atoms with Crippen LogP contribution in [-0.2, 0) is 0 Å². The van der Waals surface area contributed by atoms with Crippen molar-refractivity contribution in [3.63, 3.8) is 0 Å². The number of hydrogen-bond donors (Lipinski definition) is 0. The summed E-state index contributed by atoms with van der Waals surface area (Å²) in [6.45, 7) is 8.90. The van der Waals surface area contributed by atoms with Crippen molar-refractivity contribution in [1.82, 2.24) is 0 Å². The summed E-state index contributed by atoms with van der Waals surface area (Å²) in [4.78, 5) is 0. The molecule has 2 heterocycles. The van der Waals surface area contributed by atoms with Crippen LogP contribution in [0.5, 0.6) is 0 Å². The molecule has 2 heteroatoms. The first-order valence-corrected chi connectivity index (χ1v) is 9.74. The van der Waals surface area contributed by atoms with Crippen LogP contribution >= 0.6 is 0 Å². The molecule has 0 radical (unpaired) electrons. The van der Waals surface area contributed by atoms with Gasteiger partial charge in [0.2, 0.25) is 0 Å². The largest absolute Gasteiger partial charge is 0.326 e. The lowest BCUT2D eigenvalue weighted by Gasteiger charge is -2.41. The third-order valence-corrected chi connectivity index (χ3v) is 7.87. The molecule has 2 aliphatic carbocycles. The van der Waals surface area contributed by atoms with Gasteiger partial charge in [-0.2, -0.15) is 0 Å². The van der Waals surface area contributed by atoms with Crippen LogP contribution in [0, 0.1) is 23.7 Å². The summed E-state index contributed by atoms with van der Waals surface area (Å²) in [5, 5.41) is 0. The molecule has 21 heavy (non-hydrogen) atoms. The van der Waals surface area contributed by atoms with Crippen molar-refractivity contribution in [3.8, 4) is 0 Å². The van der Waals surface area contributed by atoms with Gasteiger partial charge < -0.3 is 8.97 Å². The van der Waals surface area contributed by atoms with E-state index in [1.807, 2.05) is 0 Å². The second kappa shape index (κ2) is 5.23. The van der Waals surface area contributed by atoms with Gasteiger partial charge in [0.1, 0.15) is 0 Å². The van der Waals surface area contributed by atoms with Gasteiger partial charge in [-0.3, -0.25) is 0 Å². The van der Waals surface area contributed by atoms with Crippen molar-refractivity contribution < 1.29 is 8.97 Å². The van der Waals surface area contributed by atoms with Crippen molar-refractivity contribution in [2.45, 2.75) is 44.9 Å². The quantitative estimate of drug-likeness (QED) is 0.698. The van der Waals surface area contributed by atoms with Gasteiger partial charge in [-0.1, -0.05) is 0 Å². The molecule has 2 saturated carbocycles. The minimum atomic E-state index is 1.07. The molecule has 2 bridgehead atoms. The number of quaternary nitrogens is 2. The van der Waals surface area contributed by atoms with E-state index in [-0.39, 0.29) is 0 Å². The fourth-order valence-electron chi connectivity index (χ4n) is 6.68. The Morgan fingerprint density at radius 2 is 1.05 bits per heavy atom. The Hall–Kier alpha value is -0.0800. The van der Waals surface area contributed by atoms with Gasteiger partial charge >= 0.3 is 0 Å². The normalized spacial score (nSPS) is 43.7. The standard InChI is InChI=1S/C19H36N2/c1-20(9-3-4-10-20)14-18-16-7-8-17(13-16)19(18)15-21(2)11-5-6-12-21/h16-19H,3-15H2,1-2H3/q+2. The van der Waals surface area contributed by atoms with Crippen molar-refractivity contribution in [3.05, 3.63) is 0 Å². The Morgan fingerprint density at radius 3 is 1.43 bits per heavy atom. The highest BCUT2D eigenvalue weighted by Gasteiger charge is 2.52. The lowest BCUT2D eigenvalue weighted by atomic mass is 9.78. The van der Waals surface area contributed by atoms with Crippen LogP contribution in [0.4, 0.5) is 0 Å². The van der Waals surface area contributed by atoms with E-state index in [0.29, 0.717) is 0 Å². The third-order valence-electron chi connectivity index (χ3n) is 7.87. The lowest BCUT2D eigenvalue weighted by Crippen LogP contribution is -2.52. The van der Waals surface area contributed by atoms with E-state index in [4.69, 9.17) is 0 Å². The molecule has 2 saturated heterocycles. The minimum Gasteiger partial charge on any atom is -0.326 e. The number of rotatable bonds is 4. The van der Waals surface area contributed by atoms with Crippen molar-refractivity contribution in [2.24, 2.45) is 23.7 Å². The number of likely N-dealkylation sites (tertiary alicyclic amines) is 2. The Labute approximate surface area is 131 Å². The molecule has 4 aliphatic rings. The predicted molar refractivity (Wildman–Crippen MR) is 87.8 cm³/mol. The zero-order valence-corrected chi connectivity index (χ0v) is 14.4. The molecular weight excluding hydrogens is 256 g/mol.